The van der Waals surface area contributed by atoms with Crippen LogP contribution < -0.4 is 25.0 Å². The zero-order chi connectivity index (χ0) is 27.2. The average molecular weight is 516 g/mol. The van der Waals surface area contributed by atoms with E-state index in [9.17, 15) is 29.3 Å². The first-order chi connectivity index (χ1) is 18.2. The molecule has 3 aromatic carbocycles. The van der Waals surface area contributed by atoms with Gasteiger partial charge in [-0.15, -0.1) is 0 Å². The summed E-state index contributed by atoms with van der Waals surface area (Å²) in [6.07, 6.45) is 1.27. The molecule has 1 fully saturated rings. The van der Waals surface area contributed by atoms with Gasteiger partial charge in [-0.05, 0) is 54.1 Å². The van der Waals surface area contributed by atoms with Gasteiger partial charge >= 0.3 is 6.03 Å². The number of carbonyl (C=O) groups is 4. The van der Waals surface area contributed by atoms with Crippen LogP contribution in [0, 0.1) is 10.1 Å². The maximum atomic E-state index is 13.0. The lowest BCUT2D eigenvalue weighted by atomic mass is 10.1. The van der Waals surface area contributed by atoms with E-state index in [0.717, 1.165) is 6.07 Å². The fourth-order valence-corrected chi connectivity index (χ4v) is 3.48. The highest BCUT2D eigenvalue weighted by atomic mass is 16.6. The molecule has 38 heavy (non-hydrogen) atoms. The van der Waals surface area contributed by atoms with Crippen LogP contribution >= 0.6 is 0 Å². The first-order valence-corrected chi connectivity index (χ1v) is 11.1. The molecule has 0 bridgehead atoms. The Kier molecular flexibility index (Phi) is 7.43. The number of nitro groups is 1. The monoisotopic (exact) mass is 516 g/mol. The van der Waals surface area contributed by atoms with Gasteiger partial charge in [-0.25, -0.2) is 9.69 Å². The van der Waals surface area contributed by atoms with E-state index in [2.05, 4.69) is 10.6 Å². The van der Waals surface area contributed by atoms with E-state index in [1.54, 1.807) is 55.6 Å². The number of non-ortho nitro benzene ring substituents is 1. The molecule has 0 atom stereocenters. The number of rotatable bonds is 8. The lowest BCUT2D eigenvalue weighted by molar-refractivity contribution is -0.384. The van der Waals surface area contributed by atoms with Crippen LogP contribution in [-0.2, 0) is 14.4 Å². The lowest BCUT2D eigenvalue weighted by Crippen LogP contribution is -2.54. The summed E-state index contributed by atoms with van der Waals surface area (Å²) in [5, 5.41) is 15.8. The fourth-order valence-electron chi connectivity index (χ4n) is 3.48. The average Bonchev–Trinajstić information content (AvgIpc) is 2.91. The highest BCUT2D eigenvalue weighted by molar-refractivity contribution is 6.39. The van der Waals surface area contributed by atoms with E-state index in [4.69, 9.17) is 9.47 Å². The van der Waals surface area contributed by atoms with Gasteiger partial charge in [-0.2, -0.15) is 0 Å². The SMILES string of the molecule is COc1ccc(NC(=O)COc2ccc(/C=C3/C(=O)NC(=O)N(c4cccc([N+](=O)[O-])c4)C3=O)cc2)cc1. The number of amides is 5. The molecular formula is C26H20N4O8. The maximum Gasteiger partial charge on any atom is 0.335 e. The molecule has 2 N–H and O–H groups in total. The number of nitro benzene ring substituents is 1. The molecule has 1 heterocycles. The Morgan fingerprint density at radius 2 is 1.71 bits per heavy atom. The summed E-state index contributed by atoms with van der Waals surface area (Å²) >= 11 is 0. The third-order valence-corrected chi connectivity index (χ3v) is 5.34. The van der Waals surface area contributed by atoms with Gasteiger partial charge in [-0.3, -0.25) is 29.8 Å². The highest BCUT2D eigenvalue weighted by Gasteiger charge is 2.37. The number of nitrogens with zero attached hydrogens (tertiary/aromatic N) is 2. The third-order valence-electron chi connectivity index (χ3n) is 5.34. The largest absolute Gasteiger partial charge is 0.497 e. The predicted molar refractivity (Wildman–Crippen MR) is 136 cm³/mol. The quantitative estimate of drug-likeness (QED) is 0.200. The smallest absolute Gasteiger partial charge is 0.335 e. The van der Waals surface area contributed by atoms with Crippen LogP contribution in [0.1, 0.15) is 5.56 Å². The number of barbiturate groups is 1. The number of imide groups is 2. The third kappa shape index (κ3) is 5.82. The number of ether oxygens (including phenoxy) is 2. The summed E-state index contributed by atoms with van der Waals surface area (Å²) in [7, 11) is 1.54. The van der Waals surface area contributed by atoms with Crippen LogP contribution in [0.5, 0.6) is 11.5 Å². The second-order valence-electron chi connectivity index (χ2n) is 7.87. The molecule has 0 radical (unpaired) electrons. The number of hydrogen-bond acceptors (Lipinski definition) is 8. The van der Waals surface area contributed by atoms with E-state index in [0.29, 0.717) is 27.6 Å². The van der Waals surface area contributed by atoms with Gasteiger partial charge in [0.1, 0.15) is 17.1 Å². The lowest BCUT2D eigenvalue weighted by Gasteiger charge is -2.26. The van der Waals surface area contributed by atoms with Crippen LogP contribution in [0.4, 0.5) is 21.9 Å². The standard InChI is InChI=1S/C26H20N4O8/c1-37-20-11-7-17(8-12-20)27-23(31)15-38-21-9-5-16(6-10-21)13-22-24(32)28-26(34)29(25(22)33)18-3-2-4-19(14-18)30(35)36/h2-14H,15H2,1H3,(H,27,31)(H,28,32,34)/b22-13-. The Balaban J connectivity index is 1.43. The van der Waals surface area contributed by atoms with Gasteiger partial charge < -0.3 is 14.8 Å². The van der Waals surface area contributed by atoms with E-state index in [1.807, 2.05) is 0 Å². The summed E-state index contributed by atoms with van der Waals surface area (Å²) in [5.41, 5.74) is 0.292. The Hall–Kier alpha value is -5.52. The van der Waals surface area contributed by atoms with Gasteiger partial charge in [0.15, 0.2) is 6.61 Å². The van der Waals surface area contributed by atoms with Crippen molar-refractivity contribution in [3.63, 3.8) is 0 Å². The van der Waals surface area contributed by atoms with Gasteiger partial charge in [-0.1, -0.05) is 18.2 Å². The molecule has 3 aromatic rings. The molecule has 0 unspecified atom stereocenters. The van der Waals surface area contributed by atoms with Gasteiger partial charge in [0.25, 0.3) is 23.4 Å². The Bertz CT molecular complexity index is 1450. The fraction of sp³-hybridized carbons (Fsp3) is 0.0769. The summed E-state index contributed by atoms with van der Waals surface area (Å²) in [5.74, 6) is -1.20. The molecule has 4 rings (SSSR count). The summed E-state index contributed by atoms with van der Waals surface area (Å²) < 4.78 is 10.5. The molecule has 0 spiro atoms. The van der Waals surface area contributed by atoms with Crippen molar-refractivity contribution in [2.45, 2.75) is 0 Å². The minimum atomic E-state index is -1.02. The van der Waals surface area contributed by atoms with Gasteiger partial charge in [0, 0.05) is 17.8 Å². The van der Waals surface area contributed by atoms with Crippen LogP contribution in [0.15, 0.2) is 78.4 Å². The number of benzene rings is 3. The zero-order valence-electron chi connectivity index (χ0n) is 19.9. The van der Waals surface area contributed by atoms with Crippen molar-refractivity contribution in [3.8, 4) is 11.5 Å². The minimum absolute atomic E-state index is 0.0586. The van der Waals surface area contributed by atoms with E-state index >= 15 is 0 Å². The maximum absolute atomic E-state index is 13.0. The number of methoxy groups -OCH3 is 1. The normalized spacial score (nSPS) is 14.2. The van der Waals surface area contributed by atoms with Crippen LogP contribution in [0.3, 0.4) is 0 Å². The van der Waals surface area contributed by atoms with Crippen LogP contribution in [0.25, 0.3) is 6.08 Å². The van der Waals surface area contributed by atoms with Crippen molar-refractivity contribution in [2.24, 2.45) is 0 Å². The number of hydrogen-bond donors (Lipinski definition) is 2. The van der Waals surface area contributed by atoms with Gasteiger partial charge in [0.2, 0.25) is 0 Å². The second kappa shape index (κ2) is 11.0. The van der Waals surface area contributed by atoms with E-state index < -0.39 is 22.8 Å². The number of carbonyl (C=O) groups excluding carboxylic acids is 4. The Labute approximate surface area is 215 Å². The minimum Gasteiger partial charge on any atom is -0.497 e. The van der Waals surface area contributed by atoms with Crippen molar-refractivity contribution < 1.29 is 33.6 Å². The predicted octanol–water partition coefficient (Wildman–Crippen LogP) is 3.29. The van der Waals surface area contributed by atoms with Crippen LogP contribution in [0.2, 0.25) is 0 Å². The number of nitrogens with one attached hydrogen (secondary N) is 2. The first-order valence-electron chi connectivity index (χ1n) is 11.1. The molecule has 0 aromatic heterocycles. The molecule has 1 aliphatic rings. The van der Waals surface area contributed by atoms with E-state index in [1.165, 1.54) is 24.3 Å². The molecule has 1 saturated heterocycles. The van der Waals surface area contributed by atoms with Crippen molar-refractivity contribution in [2.75, 3.05) is 23.9 Å². The molecule has 192 valence electrons. The Morgan fingerprint density at radius 1 is 1.03 bits per heavy atom. The number of anilines is 2. The second-order valence-corrected chi connectivity index (χ2v) is 7.87. The van der Waals surface area contributed by atoms with Crippen molar-refractivity contribution in [3.05, 3.63) is 94.0 Å². The van der Waals surface area contributed by atoms with Crippen LogP contribution in [-0.4, -0.2) is 42.4 Å². The first kappa shape index (κ1) is 25.6. The molecular weight excluding hydrogens is 496 g/mol. The van der Waals surface area contributed by atoms with Gasteiger partial charge in [0.05, 0.1) is 17.7 Å². The number of urea groups is 1. The topological polar surface area (TPSA) is 157 Å². The Morgan fingerprint density at radius 3 is 2.37 bits per heavy atom. The summed E-state index contributed by atoms with van der Waals surface area (Å²) in [6, 6.07) is 16.9. The molecule has 1 aliphatic heterocycles. The molecule has 0 saturated carbocycles. The van der Waals surface area contributed by atoms with Crippen molar-refractivity contribution >= 4 is 46.9 Å². The molecule has 12 nitrogen and oxygen atoms in total. The van der Waals surface area contributed by atoms with E-state index in [-0.39, 0.29) is 29.5 Å². The van der Waals surface area contributed by atoms with Crippen molar-refractivity contribution in [1.29, 1.82) is 0 Å². The van der Waals surface area contributed by atoms with Crippen molar-refractivity contribution in [1.82, 2.24) is 5.32 Å². The molecule has 12 heteroatoms. The zero-order valence-corrected chi connectivity index (χ0v) is 19.9. The summed E-state index contributed by atoms with van der Waals surface area (Å²) in [4.78, 5) is 60.9. The molecule has 5 amide bonds. The summed E-state index contributed by atoms with van der Waals surface area (Å²) in [6.45, 7) is -0.256. The highest BCUT2D eigenvalue weighted by Crippen LogP contribution is 2.26. The molecule has 0 aliphatic carbocycles.